The Labute approximate surface area is 121 Å². The molecular weight excluding hydrogens is 280 g/mol. The maximum Gasteiger partial charge on any atom is 0.251 e. The van der Waals surface area contributed by atoms with Crippen molar-refractivity contribution < 1.29 is 4.79 Å². The third-order valence-corrected chi connectivity index (χ3v) is 3.54. The Hall–Kier alpha value is -1.52. The van der Waals surface area contributed by atoms with Crippen LogP contribution in [0, 0.1) is 0 Å². The third kappa shape index (κ3) is 4.58. The molecule has 0 bridgehead atoms. The molecule has 0 aliphatic rings. The topological polar surface area (TPSA) is 42.0 Å². The van der Waals surface area contributed by atoms with E-state index in [9.17, 15) is 4.79 Å². The lowest BCUT2D eigenvalue weighted by atomic mass is 10.2. The largest absolute Gasteiger partial charge is 0.351 e. The summed E-state index contributed by atoms with van der Waals surface area (Å²) in [6.45, 7) is 0.590. The summed E-state index contributed by atoms with van der Waals surface area (Å²) >= 11 is 7.45. The number of nitrogens with zero attached hydrogens (tertiary/aromatic N) is 1. The average Bonchev–Trinajstić information content (AvgIpc) is 2.44. The first-order valence-corrected chi connectivity index (χ1v) is 7.19. The number of halogens is 1. The molecule has 1 aromatic heterocycles. The summed E-state index contributed by atoms with van der Waals surface area (Å²) in [5.41, 5.74) is 0.579. The summed E-state index contributed by atoms with van der Waals surface area (Å²) in [6.07, 6.45) is 1.76. The number of benzene rings is 1. The van der Waals surface area contributed by atoms with Gasteiger partial charge in [-0.15, -0.1) is 11.8 Å². The van der Waals surface area contributed by atoms with Crippen molar-refractivity contribution in [3.05, 3.63) is 59.2 Å². The third-order valence-electron chi connectivity index (χ3n) is 2.36. The number of thioether (sulfide) groups is 1. The molecule has 1 aromatic carbocycles. The lowest BCUT2D eigenvalue weighted by molar-refractivity contribution is 0.0956. The molecular formula is C14H13ClN2OS. The van der Waals surface area contributed by atoms with Gasteiger partial charge in [-0.2, -0.15) is 0 Å². The quantitative estimate of drug-likeness (QED) is 0.679. The fourth-order valence-corrected chi connectivity index (χ4v) is 2.40. The van der Waals surface area contributed by atoms with Crippen LogP contribution in [0.4, 0.5) is 0 Å². The number of hydrogen-bond donors (Lipinski definition) is 1. The zero-order valence-corrected chi connectivity index (χ0v) is 11.7. The molecule has 98 valence electrons. The predicted molar refractivity (Wildman–Crippen MR) is 78.7 cm³/mol. The van der Waals surface area contributed by atoms with Crippen LogP contribution in [-0.2, 0) is 0 Å². The molecule has 1 heterocycles. The molecule has 5 heteroatoms. The molecule has 0 spiro atoms. The minimum absolute atomic E-state index is 0.107. The van der Waals surface area contributed by atoms with E-state index in [4.69, 9.17) is 11.6 Å². The van der Waals surface area contributed by atoms with Crippen LogP contribution in [0.1, 0.15) is 10.4 Å². The van der Waals surface area contributed by atoms with E-state index in [-0.39, 0.29) is 5.91 Å². The maximum atomic E-state index is 11.8. The van der Waals surface area contributed by atoms with Crippen molar-refractivity contribution in [3.63, 3.8) is 0 Å². The minimum atomic E-state index is -0.107. The van der Waals surface area contributed by atoms with Crippen molar-refractivity contribution in [2.24, 2.45) is 0 Å². The highest BCUT2D eigenvalue weighted by Crippen LogP contribution is 2.13. The summed E-state index contributed by atoms with van der Waals surface area (Å²) in [5.74, 6) is 0.674. The van der Waals surface area contributed by atoms with Gasteiger partial charge in [-0.3, -0.25) is 4.79 Å². The molecule has 0 radical (unpaired) electrons. The standard InChI is InChI=1S/C14H13ClN2OS/c15-12-5-3-4-11(10-12)14(18)17-8-9-19-13-6-1-2-7-16-13/h1-7,10H,8-9H2,(H,17,18). The summed E-state index contributed by atoms with van der Waals surface area (Å²) in [6, 6.07) is 12.7. The second-order valence-corrected chi connectivity index (χ2v) is 5.33. The molecule has 2 rings (SSSR count). The van der Waals surface area contributed by atoms with Gasteiger partial charge in [0.05, 0.1) is 5.03 Å². The van der Waals surface area contributed by atoms with Gasteiger partial charge in [0.25, 0.3) is 5.91 Å². The van der Waals surface area contributed by atoms with Gasteiger partial charge < -0.3 is 5.32 Å². The highest BCUT2D eigenvalue weighted by atomic mass is 35.5. The first-order valence-electron chi connectivity index (χ1n) is 5.83. The molecule has 1 N–H and O–H groups in total. The second-order valence-electron chi connectivity index (χ2n) is 3.78. The number of nitrogens with one attached hydrogen (secondary N) is 1. The van der Waals surface area contributed by atoms with Crippen LogP contribution in [0.3, 0.4) is 0 Å². The molecule has 0 saturated heterocycles. The predicted octanol–water partition coefficient (Wildman–Crippen LogP) is 3.26. The van der Waals surface area contributed by atoms with Crippen LogP contribution >= 0.6 is 23.4 Å². The van der Waals surface area contributed by atoms with Gasteiger partial charge in [-0.05, 0) is 30.3 Å². The van der Waals surface area contributed by atoms with Crippen LogP contribution in [0.2, 0.25) is 5.02 Å². The molecule has 0 aliphatic carbocycles. The van der Waals surface area contributed by atoms with E-state index in [1.807, 2.05) is 18.2 Å². The Morgan fingerprint density at radius 3 is 2.89 bits per heavy atom. The van der Waals surface area contributed by atoms with Crippen molar-refractivity contribution in [1.29, 1.82) is 0 Å². The number of pyridine rings is 1. The number of aromatic nitrogens is 1. The molecule has 0 atom stereocenters. The van der Waals surface area contributed by atoms with Gasteiger partial charge in [-0.25, -0.2) is 4.98 Å². The monoisotopic (exact) mass is 292 g/mol. The maximum absolute atomic E-state index is 11.8. The van der Waals surface area contributed by atoms with Crippen LogP contribution in [-0.4, -0.2) is 23.2 Å². The van der Waals surface area contributed by atoms with Gasteiger partial charge in [-0.1, -0.05) is 23.7 Å². The van der Waals surface area contributed by atoms with Crippen LogP contribution in [0.5, 0.6) is 0 Å². The van der Waals surface area contributed by atoms with E-state index in [1.165, 1.54) is 0 Å². The van der Waals surface area contributed by atoms with Crippen molar-refractivity contribution in [1.82, 2.24) is 10.3 Å². The van der Waals surface area contributed by atoms with Gasteiger partial charge in [0, 0.05) is 29.1 Å². The van der Waals surface area contributed by atoms with Crippen molar-refractivity contribution in [2.45, 2.75) is 5.03 Å². The van der Waals surface area contributed by atoms with Gasteiger partial charge in [0.2, 0.25) is 0 Å². The zero-order chi connectivity index (χ0) is 13.5. The number of rotatable bonds is 5. The molecule has 0 aliphatic heterocycles. The summed E-state index contributed by atoms with van der Waals surface area (Å²) in [7, 11) is 0. The Morgan fingerprint density at radius 2 is 2.16 bits per heavy atom. The summed E-state index contributed by atoms with van der Waals surface area (Å²) < 4.78 is 0. The Balaban J connectivity index is 1.75. The highest BCUT2D eigenvalue weighted by molar-refractivity contribution is 7.99. The minimum Gasteiger partial charge on any atom is -0.351 e. The fraction of sp³-hybridized carbons (Fsp3) is 0.143. The summed E-state index contributed by atoms with van der Waals surface area (Å²) in [5, 5.41) is 4.37. The van der Waals surface area contributed by atoms with E-state index in [0.29, 0.717) is 17.1 Å². The molecule has 19 heavy (non-hydrogen) atoms. The first-order chi connectivity index (χ1) is 9.25. The van der Waals surface area contributed by atoms with Crippen molar-refractivity contribution in [3.8, 4) is 0 Å². The van der Waals surface area contributed by atoms with Crippen LogP contribution in [0.25, 0.3) is 0 Å². The number of carbonyl (C=O) groups is 1. The van der Waals surface area contributed by atoms with Crippen molar-refractivity contribution in [2.75, 3.05) is 12.3 Å². The fourth-order valence-electron chi connectivity index (χ4n) is 1.48. The lowest BCUT2D eigenvalue weighted by Crippen LogP contribution is -2.25. The number of hydrogen-bond acceptors (Lipinski definition) is 3. The van der Waals surface area contributed by atoms with E-state index >= 15 is 0 Å². The molecule has 0 unspecified atom stereocenters. The van der Waals surface area contributed by atoms with Gasteiger partial charge in [0.15, 0.2) is 0 Å². The smallest absolute Gasteiger partial charge is 0.251 e. The summed E-state index contributed by atoms with van der Waals surface area (Å²) in [4.78, 5) is 16.0. The van der Waals surface area contributed by atoms with Gasteiger partial charge in [0.1, 0.15) is 0 Å². The van der Waals surface area contributed by atoms with Crippen molar-refractivity contribution >= 4 is 29.3 Å². The van der Waals surface area contributed by atoms with Crippen LogP contribution < -0.4 is 5.32 Å². The van der Waals surface area contributed by atoms with Crippen LogP contribution in [0.15, 0.2) is 53.7 Å². The highest BCUT2D eigenvalue weighted by Gasteiger charge is 2.04. The SMILES string of the molecule is O=C(NCCSc1ccccn1)c1cccc(Cl)c1. The molecule has 2 aromatic rings. The van der Waals surface area contributed by atoms with E-state index in [1.54, 1.807) is 42.2 Å². The van der Waals surface area contributed by atoms with Gasteiger partial charge >= 0.3 is 0 Å². The normalized spacial score (nSPS) is 10.2. The van der Waals surface area contributed by atoms with E-state index < -0.39 is 0 Å². The number of amides is 1. The number of carbonyl (C=O) groups excluding carboxylic acids is 1. The lowest BCUT2D eigenvalue weighted by Gasteiger charge is -2.05. The first kappa shape index (κ1) is 13.9. The molecule has 3 nitrogen and oxygen atoms in total. The van der Waals surface area contributed by atoms with E-state index in [0.717, 1.165) is 10.8 Å². The van der Waals surface area contributed by atoms with E-state index in [2.05, 4.69) is 10.3 Å². The second kappa shape index (κ2) is 7.16. The molecule has 0 fully saturated rings. The Kier molecular flexibility index (Phi) is 5.24. The molecule has 1 amide bonds. The zero-order valence-electron chi connectivity index (χ0n) is 10.2. The average molecular weight is 293 g/mol. The molecule has 0 saturated carbocycles. The Bertz CT molecular complexity index is 548. The Morgan fingerprint density at radius 1 is 1.26 bits per heavy atom.